The second kappa shape index (κ2) is 5.91. The number of halogens is 1. The van der Waals surface area contributed by atoms with Gasteiger partial charge in [-0.15, -0.1) is 11.3 Å². The van der Waals surface area contributed by atoms with Gasteiger partial charge in [-0.05, 0) is 42.1 Å². The van der Waals surface area contributed by atoms with Gasteiger partial charge in [0.2, 0.25) is 0 Å². The van der Waals surface area contributed by atoms with Gasteiger partial charge in [-0.1, -0.05) is 29.8 Å². The minimum Gasteiger partial charge on any atom is -0.294 e. The smallest absolute Gasteiger partial charge is 0.165 e. The maximum atomic E-state index is 12.4. The van der Waals surface area contributed by atoms with E-state index in [0.29, 0.717) is 11.4 Å². The second-order valence-electron chi connectivity index (χ2n) is 5.74. The van der Waals surface area contributed by atoms with Crippen molar-refractivity contribution in [3.8, 4) is 11.3 Å². The Morgan fingerprint density at radius 3 is 2.61 bits per heavy atom. The van der Waals surface area contributed by atoms with Crippen LogP contribution in [0.15, 0.2) is 53.9 Å². The molecule has 0 amide bonds. The van der Waals surface area contributed by atoms with E-state index in [1.807, 2.05) is 42.5 Å². The van der Waals surface area contributed by atoms with Crippen molar-refractivity contribution in [3.05, 3.63) is 75.1 Å². The predicted octanol–water partition coefficient (Wildman–Crippen LogP) is 5.38. The second-order valence-corrected chi connectivity index (χ2v) is 7.16. The first kappa shape index (κ1) is 14.6. The highest BCUT2D eigenvalue weighted by molar-refractivity contribution is 7.10. The fourth-order valence-electron chi connectivity index (χ4n) is 3.06. The number of Topliss-reactive ketones (excluding diaryl/α,β-unsaturated/α-hetero) is 1. The number of benzene rings is 1. The number of ketones is 1. The molecule has 2 nitrogen and oxygen atoms in total. The van der Waals surface area contributed by atoms with Crippen LogP contribution in [0.4, 0.5) is 0 Å². The molecule has 1 aliphatic rings. The van der Waals surface area contributed by atoms with Crippen LogP contribution in [0.5, 0.6) is 0 Å². The average Bonchev–Trinajstić information content (AvgIpc) is 3.09. The Balaban J connectivity index is 1.72. The number of aromatic nitrogens is 1. The molecule has 1 unspecified atom stereocenters. The summed E-state index contributed by atoms with van der Waals surface area (Å²) in [7, 11) is 0. The van der Waals surface area contributed by atoms with Gasteiger partial charge in [0, 0.05) is 33.4 Å². The summed E-state index contributed by atoms with van der Waals surface area (Å²) in [5, 5.41) is 2.77. The van der Waals surface area contributed by atoms with Crippen LogP contribution >= 0.6 is 22.9 Å². The summed E-state index contributed by atoms with van der Waals surface area (Å²) in [4.78, 5) is 18.5. The molecule has 1 aromatic carbocycles. The lowest BCUT2D eigenvalue weighted by molar-refractivity contribution is 0.0964. The van der Waals surface area contributed by atoms with E-state index in [9.17, 15) is 4.79 Å². The van der Waals surface area contributed by atoms with Crippen LogP contribution in [-0.2, 0) is 6.42 Å². The minimum atomic E-state index is 0.194. The third-order valence-electron chi connectivity index (χ3n) is 4.23. The summed E-state index contributed by atoms with van der Waals surface area (Å²) in [6.45, 7) is 0. The quantitative estimate of drug-likeness (QED) is 0.627. The topological polar surface area (TPSA) is 30.0 Å². The van der Waals surface area contributed by atoms with E-state index in [1.54, 1.807) is 11.3 Å². The Hall–Kier alpha value is -1.97. The molecule has 0 aliphatic heterocycles. The summed E-state index contributed by atoms with van der Waals surface area (Å²) >= 11 is 7.66. The first-order valence-electron chi connectivity index (χ1n) is 7.53. The zero-order chi connectivity index (χ0) is 15.8. The van der Waals surface area contributed by atoms with Crippen molar-refractivity contribution < 1.29 is 4.79 Å². The van der Waals surface area contributed by atoms with E-state index >= 15 is 0 Å². The van der Waals surface area contributed by atoms with Crippen LogP contribution < -0.4 is 0 Å². The fourth-order valence-corrected chi connectivity index (χ4v) is 4.01. The largest absolute Gasteiger partial charge is 0.294 e. The van der Waals surface area contributed by atoms with Gasteiger partial charge in [0.1, 0.15) is 0 Å². The molecule has 2 aromatic heterocycles. The lowest BCUT2D eigenvalue weighted by atomic mass is 9.84. The van der Waals surface area contributed by atoms with Gasteiger partial charge in [-0.25, -0.2) is 0 Å². The number of carbonyl (C=O) groups excluding carboxylic acids is 1. The van der Waals surface area contributed by atoms with Gasteiger partial charge in [-0.3, -0.25) is 9.78 Å². The SMILES string of the molecule is O=C1CC(c2cccs2)Cc2nc(-c3ccc(Cl)cc3)ccc21. The molecule has 2 heterocycles. The number of thiophene rings is 1. The Labute approximate surface area is 143 Å². The van der Waals surface area contributed by atoms with E-state index < -0.39 is 0 Å². The lowest BCUT2D eigenvalue weighted by Crippen LogP contribution is -2.19. The van der Waals surface area contributed by atoms with E-state index in [4.69, 9.17) is 16.6 Å². The number of nitrogens with zero attached hydrogens (tertiary/aromatic N) is 1. The number of hydrogen-bond acceptors (Lipinski definition) is 3. The Bertz CT molecular complexity index is 856. The number of fused-ring (bicyclic) bond motifs is 1. The molecular weight excluding hydrogens is 326 g/mol. The molecule has 114 valence electrons. The maximum Gasteiger partial charge on any atom is 0.165 e. The molecule has 0 N–H and O–H groups in total. The van der Waals surface area contributed by atoms with Crippen molar-refractivity contribution in [1.29, 1.82) is 0 Å². The van der Waals surface area contributed by atoms with E-state index in [1.165, 1.54) is 4.88 Å². The van der Waals surface area contributed by atoms with Crippen molar-refractivity contribution in [1.82, 2.24) is 4.98 Å². The van der Waals surface area contributed by atoms with Gasteiger partial charge < -0.3 is 0 Å². The summed E-state index contributed by atoms with van der Waals surface area (Å²) in [5.74, 6) is 0.447. The van der Waals surface area contributed by atoms with E-state index in [0.717, 1.165) is 28.9 Å². The molecule has 4 rings (SSSR count). The summed E-state index contributed by atoms with van der Waals surface area (Å²) in [5.41, 5.74) is 3.59. The van der Waals surface area contributed by atoms with Gasteiger partial charge in [0.15, 0.2) is 5.78 Å². The van der Waals surface area contributed by atoms with Gasteiger partial charge in [0.25, 0.3) is 0 Å². The normalized spacial score (nSPS) is 17.1. The number of pyridine rings is 1. The van der Waals surface area contributed by atoms with Gasteiger partial charge >= 0.3 is 0 Å². The highest BCUT2D eigenvalue weighted by Gasteiger charge is 2.28. The Morgan fingerprint density at radius 2 is 1.87 bits per heavy atom. The lowest BCUT2D eigenvalue weighted by Gasteiger charge is -2.22. The van der Waals surface area contributed by atoms with E-state index in [-0.39, 0.29) is 11.7 Å². The number of rotatable bonds is 2. The molecule has 0 spiro atoms. The zero-order valence-electron chi connectivity index (χ0n) is 12.3. The Morgan fingerprint density at radius 1 is 1.04 bits per heavy atom. The zero-order valence-corrected chi connectivity index (χ0v) is 13.9. The molecular formula is C19H14ClNOS. The molecule has 0 saturated heterocycles. The monoisotopic (exact) mass is 339 g/mol. The standard InChI is InChI=1S/C19H14ClNOS/c20-14-5-3-12(4-6-14)16-8-7-15-17(21-16)10-13(11-18(15)22)19-2-1-9-23-19/h1-9,13H,10-11H2. The third kappa shape index (κ3) is 2.82. The Kier molecular flexibility index (Phi) is 3.76. The van der Waals surface area contributed by atoms with Crippen LogP contribution in [0.1, 0.15) is 33.3 Å². The fraction of sp³-hybridized carbons (Fsp3) is 0.158. The highest BCUT2D eigenvalue weighted by Crippen LogP contribution is 2.35. The molecule has 1 aliphatic carbocycles. The van der Waals surface area contributed by atoms with Crippen LogP contribution in [-0.4, -0.2) is 10.8 Å². The van der Waals surface area contributed by atoms with Crippen LogP contribution in [0, 0.1) is 0 Å². The number of carbonyl (C=O) groups is 1. The molecule has 0 bridgehead atoms. The predicted molar refractivity (Wildman–Crippen MR) is 94.4 cm³/mol. The van der Waals surface area contributed by atoms with Crippen LogP contribution in [0.25, 0.3) is 11.3 Å². The molecule has 0 radical (unpaired) electrons. The van der Waals surface area contributed by atoms with Gasteiger partial charge in [0.05, 0.1) is 11.4 Å². The minimum absolute atomic E-state index is 0.194. The summed E-state index contributed by atoms with van der Waals surface area (Å²) < 4.78 is 0. The molecule has 4 heteroatoms. The summed E-state index contributed by atoms with van der Waals surface area (Å²) in [6.07, 6.45) is 1.40. The van der Waals surface area contributed by atoms with Crippen molar-refractivity contribution in [2.75, 3.05) is 0 Å². The maximum absolute atomic E-state index is 12.4. The number of hydrogen-bond donors (Lipinski definition) is 0. The molecule has 1 atom stereocenters. The van der Waals surface area contributed by atoms with Gasteiger partial charge in [-0.2, -0.15) is 0 Å². The van der Waals surface area contributed by atoms with Crippen molar-refractivity contribution >= 4 is 28.7 Å². The first-order chi connectivity index (χ1) is 11.2. The molecule has 0 saturated carbocycles. The first-order valence-corrected chi connectivity index (χ1v) is 8.79. The van der Waals surface area contributed by atoms with Crippen LogP contribution in [0.2, 0.25) is 5.02 Å². The van der Waals surface area contributed by atoms with Crippen molar-refractivity contribution in [3.63, 3.8) is 0 Å². The van der Waals surface area contributed by atoms with Crippen LogP contribution in [0.3, 0.4) is 0 Å². The average molecular weight is 340 g/mol. The molecule has 3 aromatic rings. The van der Waals surface area contributed by atoms with Crippen molar-refractivity contribution in [2.45, 2.75) is 18.8 Å². The molecule has 0 fully saturated rings. The van der Waals surface area contributed by atoms with Crippen molar-refractivity contribution in [2.24, 2.45) is 0 Å². The third-order valence-corrected chi connectivity index (χ3v) is 5.52. The van der Waals surface area contributed by atoms with E-state index in [2.05, 4.69) is 11.4 Å². The summed E-state index contributed by atoms with van der Waals surface area (Å²) in [6, 6.07) is 15.6. The highest BCUT2D eigenvalue weighted by atomic mass is 35.5. The molecule has 23 heavy (non-hydrogen) atoms.